The number of hydrogen-bond acceptors (Lipinski definition) is 3. The van der Waals surface area contributed by atoms with Crippen molar-refractivity contribution in [1.29, 1.82) is 0 Å². The van der Waals surface area contributed by atoms with Crippen LogP contribution in [0.25, 0.3) is 0 Å². The van der Waals surface area contributed by atoms with E-state index in [9.17, 15) is 14.0 Å². The summed E-state index contributed by atoms with van der Waals surface area (Å²) in [5.41, 5.74) is 2.57. The van der Waals surface area contributed by atoms with Gasteiger partial charge in [0.2, 0.25) is 11.8 Å². The highest BCUT2D eigenvalue weighted by atomic mass is 35.5. The fourth-order valence-electron chi connectivity index (χ4n) is 3.75. The van der Waals surface area contributed by atoms with Crippen LogP contribution >= 0.6 is 35.0 Å². The van der Waals surface area contributed by atoms with E-state index >= 15 is 0 Å². The molecule has 0 aliphatic carbocycles. The molecule has 2 atom stereocenters. The molecule has 0 spiro atoms. The van der Waals surface area contributed by atoms with E-state index in [-0.39, 0.29) is 36.0 Å². The Hall–Kier alpha value is -2.54. The van der Waals surface area contributed by atoms with E-state index in [0.29, 0.717) is 22.2 Å². The fraction of sp³-hybridized carbons (Fsp3) is 0.310. The van der Waals surface area contributed by atoms with Gasteiger partial charge in [0.05, 0.1) is 5.75 Å². The molecule has 196 valence electrons. The molecule has 0 aliphatic heterocycles. The summed E-state index contributed by atoms with van der Waals surface area (Å²) in [4.78, 5) is 28.7. The lowest BCUT2D eigenvalue weighted by atomic mass is 10.0. The summed E-state index contributed by atoms with van der Waals surface area (Å²) in [6.07, 6.45) is 1.14. The van der Waals surface area contributed by atoms with E-state index in [1.165, 1.54) is 23.9 Å². The van der Waals surface area contributed by atoms with E-state index in [1.54, 1.807) is 29.2 Å². The maximum Gasteiger partial charge on any atom is 0.243 e. The third kappa shape index (κ3) is 9.06. The lowest BCUT2D eigenvalue weighted by molar-refractivity contribution is -0.139. The summed E-state index contributed by atoms with van der Waals surface area (Å²) in [7, 11) is 0. The van der Waals surface area contributed by atoms with Crippen molar-refractivity contribution in [3.8, 4) is 0 Å². The largest absolute Gasteiger partial charge is 0.352 e. The average molecular weight is 562 g/mol. The Morgan fingerprint density at radius 3 is 2.35 bits per heavy atom. The fourth-order valence-corrected chi connectivity index (χ4v) is 5.22. The Balaban J connectivity index is 1.85. The van der Waals surface area contributed by atoms with E-state index in [4.69, 9.17) is 23.2 Å². The van der Waals surface area contributed by atoms with Gasteiger partial charge in [-0.2, -0.15) is 0 Å². The molecule has 0 heterocycles. The molecule has 3 aromatic rings. The SMILES string of the molecule is CC[C@H](C)NC(=O)[C@H](Cc1ccccc1)N(Cc1ccc(F)cc1)C(=O)CSCc1ccc(Cl)cc1Cl. The monoisotopic (exact) mass is 560 g/mol. The molecular weight excluding hydrogens is 530 g/mol. The lowest BCUT2D eigenvalue weighted by Gasteiger charge is -2.32. The molecule has 3 rings (SSSR count). The van der Waals surface area contributed by atoms with Crippen LogP contribution in [0.1, 0.15) is 37.0 Å². The van der Waals surface area contributed by atoms with Crippen LogP contribution in [-0.2, 0) is 28.3 Å². The van der Waals surface area contributed by atoms with Crippen molar-refractivity contribution in [3.05, 3.63) is 105 Å². The minimum absolute atomic E-state index is 0.0324. The average Bonchev–Trinajstić information content (AvgIpc) is 2.88. The van der Waals surface area contributed by atoms with Gasteiger partial charge in [-0.05, 0) is 54.3 Å². The quantitative estimate of drug-likeness (QED) is 0.261. The molecule has 0 aliphatic rings. The first-order valence-corrected chi connectivity index (χ1v) is 14.1. The molecule has 0 saturated carbocycles. The summed E-state index contributed by atoms with van der Waals surface area (Å²) in [6.45, 7) is 4.12. The van der Waals surface area contributed by atoms with Crippen LogP contribution in [0, 0.1) is 5.82 Å². The van der Waals surface area contributed by atoms with Gasteiger partial charge in [0, 0.05) is 34.8 Å². The van der Waals surface area contributed by atoms with Crippen LogP contribution in [0.5, 0.6) is 0 Å². The molecule has 8 heteroatoms. The zero-order valence-electron chi connectivity index (χ0n) is 20.9. The van der Waals surface area contributed by atoms with Crippen molar-refractivity contribution in [2.75, 3.05) is 5.75 Å². The summed E-state index contributed by atoms with van der Waals surface area (Å²) in [5, 5.41) is 4.14. The van der Waals surface area contributed by atoms with Gasteiger partial charge in [0.15, 0.2) is 0 Å². The number of rotatable bonds is 12. The number of nitrogens with zero attached hydrogens (tertiary/aromatic N) is 1. The van der Waals surface area contributed by atoms with Crippen molar-refractivity contribution in [2.24, 2.45) is 0 Å². The van der Waals surface area contributed by atoms with E-state index in [1.807, 2.05) is 50.2 Å². The third-order valence-electron chi connectivity index (χ3n) is 6.04. The molecule has 1 N–H and O–H groups in total. The van der Waals surface area contributed by atoms with Crippen molar-refractivity contribution >= 4 is 46.8 Å². The van der Waals surface area contributed by atoms with Gasteiger partial charge in [-0.25, -0.2) is 4.39 Å². The van der Waals surface area contributed by atoms with Crippen molar-refractivity contribution < 1.29 is 14.0 Å². The summed E-state index contributed by atoms with van der Waals surface area (Å²) >= 11 is 13.7. The molecular formula is C29H31Cl2FN2O2S. The molecule has 0 bridgehead atoms. The lowest BCUT2D eigenvalue weighted by Crippen LogP contribution is -2.52. The highest BCUT2D eigenvalue weighted by Gasteiger charge is 2.31. The van der Waals surface area contributed by atoms with E-state index < -0.39 is 6.04 Å². The first kappa shape index (κ1) is 29.0. The standard InChI is InChI=1S/C29H31Cl2FN2O2S/c1-3-20(2)33-29(36)27(15-21-7-5-4-6-8-21)34(17-22-9-13-25(32)14-10-22)28(35)19-37-18-23-11-12-24(30)16-26(23)31/h4-14,16,20,27H,3,15,17-19H2,1-2H3,(H,33,36)/t20-,27-/m0/s1. The zero-order valence-corrected chi connectivity index (χ0v) is 23.3. The van der Waals surface area contributed by atoms with E-state index in [2.05, 4.69) is 5.32 Å². The van der Waals surface area contributed by atoms with Crippen LogP contribution in [-0.4, -0.2) is 34.6 Å². The molecule has 4 nitrogen and oxygen atoms in total. The topological polar surface area (TPSA) is 49.4 Å². The van der Waals surface area contributed by atoms with Crippen LogP contribution < -0.4 is 5.32 Å². The number of amides is 2. The molecule has 3 aromatic carbocycles. The van der Waals surface area contributed by atoms with Gasteiger partial charge in [-0.3, -0.25) is 9.59 Å². The Kier molecular flexibility index (Phi) is 11.3. The first-order chi connectivity index (χ1) is 17.8. The van der Waals surface area contributed by atoms with Crippen LogP contribution in [0.3, 0.4) is 0 Å². The van der Waals surface area contributed by atoms with Gasteiger partial charge in [0.1, 0.15) is 11.9 Å². The number of benzene rings is 3. The number of carbonyl (C=O) groups excluding carboxylic acids is 2. The Morgan fingerprint density at radius 2 is 1.70 bits per heavy atom. The molecule has 2 amide bonds. The third-order valence-corrected chi connectivity index (χ3v) is 7.59. The first-order valence-electron chi connectivity index (χ1n) is 12.2. The van der Waals surface area contributed by atoms with Gasteiger partial charge in [0.25, 0.3) is 0 Å². The van der Waals surface area contributed by atoms with Gasteiger partial charge < -0.3 is 10.2 Å². The maximum absolute atomic E-state index is 13.6. The molecule has 37 heavy (non-hydrogen) atoms. The Bertz CT molecular complexity index is 1180. The molecule has 0 saturated heterocycles. The number of hydrogen-bond donors (Lipinski definition) is 1. The van der Waals surface area contributed by atoms with Crippen LogP contribution in [0.4, 0.5) is 4.39 Å². The predicted octanol–water partition coefficient (Wildman–Crippen LogP) is 6.92. The molecule has 0 fully saturated rings. The second kappa shape index (κ2) is 14.4. The molecule has 0 unspecified atom stereocenters. The van der Waals surface area contributed by atoms with Crippen LogP contribution in [0.2, 0.25) is 10.0 Å². The zero-order chi connectivity index (χ0) is 26.8. The molecule has 0 aromatic heterocycles. The molecule has 0 radical (unpaired) electrons. The number of halogens is 3. The smallest absolute Gasteiger partial charge is 0.243 e. The number of nitrogens with one attached hydrogen (secondary N) is 1. The maximum atomic E-state index is 13.6. The van der Waals surface area contributed by atoms with Crippen LogP contribution in [0.15, 0.2) is 72.8 Å². The summed E-state index contributed by atoms with van der Waals surface area (Å²) in [5.74, 6) is -0.0669. The Labute approximate surface area is 232 Å². The Morgan fingerprint density at radius 1 is 1.00 bits per heavy atom. The van der Waals surface area contributed by atoms with Crippen molar-refractivity contribution in [2.45, 2.75) is 51.1 Å². The second-order valence-corrected chi connectivity index (χ2v) is 10.7. The predicted molar refractivity (Wildman–Crippen MR) is 151 cm³/mol. The highest BCUT2D eigenvalue weighted by Crippen LogP contribution is 2.25. The van der Waals surface area contributed by atoms with Gasteiger partial charge in [-0.1, -0.05) is 78.7 Å². The van der Waals surface area contributed by atoms with Gasteiger partial charge in [-0.15, -0.1) is 11.8 Å². The summed E-state index contributed by atoms with van der Waals surface area (Å²) < 4.78 is 13.6. The van der Waals surface area contributed by atoms with Gasteiger partial charge >= 0.3 is 0 Å². The van der Waals surface area contributed by atoms with E-state index in [0.717, 1.165) is 23.1 Å². The van der Waals surface area contributed by atoms with Crippen molar-refractivity contribution in [1.82, 2.24) is 10.2 Å². The minimum atomic E-state index is -0.728. The minimum Gasteiger partial charge on any atom is -0.352 e. The van der Waals surface area contributed by atoms with Crippen molar-refractivity contribution in [3.63, 3.8) is 0 Å². The second-order valence-electron chi connectivity index (χ2n) is 8.90. The number of thioether (sulfide) groups is 1. The highest BCUT2D eigenvalue weighted by molar-refractivity contribution is 7.99. The normalized spacial score (nSPS) is 12.6. The summed E-state index contributed by atoms with van der Waals surface area (Å²) in [6, 6.07) is 20.2. The number of carbonyl (C=O) groups is 2.